The smallest absolute Gasteiger partial charge is 0.275 e. The molecule has 0 aliphatic rings. The highest BCUT2D eigenvalue weighted by Crippen LogP contribution is 2.05. The fourth-order valence-corrected chi connectivity index (χ4v) is 1.40. The van der Waals surface area contributed by atoms with Crippen molar-refractivity contribution >= 4 is 0 Å². The lowest BCUT2D eigenvalue weighted by atomic mass is 10.3. The lowest BCUT2D eigenvalue weighted by Crippen LogP contribution is -2.17. The summed E-state index contributed by atoms with van der Waals surface area (Å²) in [6, 6.07) is 5.17. The van der Waals surface area contributed by atoms with E-state index in [0.29, 0.717) is 16.9 Å². The molecule has 2 heterocycles. The highest BCUT2D eigenvalue weighted by atomic mass is 16.1. The minimum Gasteiger partial charge on any atom is -0.294 e. The van der Waals surface area contributed by atoms with E-state index in [2.05, 4.69) is 10.1 Å². The molecule has 2 aromatic heterocycles. The van der Waals surface area contributed by atoms with Crippen LogP contribution in [0.3, 0.4) is 0 Å². The van der Waals surface area contributed by atoms with Crippen molar-refractivity contribution in [1.82, 2.24) is 14.8 Å². The van der Waals surface area contributed by atoms with E-state index >= 15 is 0 Å². The molecule has 2 aromatic rings. The third-order valence-corrected chi connectivity index (χ3v) is 2.47. The molecule has 1 N–H and O–H groups in total. The molecule has 0 aliphatic heterocycles. The van der Waals surface area contributed by atoms with Crippen LogP contribution in [0.4, 0.5) is 0 Å². The molecule has 80 valence electrons. The minimum atomic E-state index is -0.139. The van der Waals surface area contributed by atoms with Gasteiger partial charge in [0.1, 0.15) is 0 Å². The van der Waals surface area contributed by atoms with E-state index in [1.54, 1.807) is 19.1 Å². The number of hydrogen-bond acceptors (Lipinski definition) is 3. The average molecular weight is 214 g/mol. The van der Waals surface area contributed by atoms with Gasteiger partial charge in [0.2, 0.25) is 0 Å². The van der Waals surface area contributed by atoms with Crippen LogP contribution in [0.5, 0.6) is 0 Å². The molecule has 16 heavy (non-hydrogen) atoms. The van der Waals surface area contributed by atoms with Crippen LogP contribution in [-0.4, -0.2) is 14.8 Å². The minimum absolute atomic E-state index is 0.139. The van der Waals surface area contributed by atoms with E-state index in [1.165, 1.54) is 10.9 Å². The Morgan fingerprint density at radius 3 is 2.81 bits per heavy atom. The lowest BCUT2D eigenvalue weighted by Gasteiger charge is -1.99. The Morgan fingerprint density at radius 1 is 1.50 bits per heavy atom. The van der Waals surface area contributed by atoms with E-state index < -0.39 is 0 Å². The molecule has 5 nitrogen and oxygen atoms in total. The Labute approximate surface area is 92.0 Å². The van der Waals surface area contributed by atoms with Crippen molar-refractivity contribution in [3.63, 3.8) is 0 Å². The van der Waals surface area contributed by atoms with Crippen molar-refractivity contribution in [2.24, 2.45) is 0 Å². The van der Waals surface area contributed by atoms with Crippen LogP contribution in [-0.2, 0) is 0 Å². The summed E-state index contributed by atoms with van der Waals surface area (Å²) in [6.45, 7) is 3.57. The first-order valence-corrected chi connectivity index (χ1v) is 4.78. The van der Waals surface area contributed by atoms with Crippen LogP contribution in [0.2, 0.25) is 0 Å². The molecule has 0 spiro atoms. The van der Waals surface area contributed by atoms with E-state index in [9.17, 15) is 4.79 Å². The first kappa shape index (κ1) is 10.2. The SMILES string of the molecule is Cc1[nH]n(-c2cc(C#N)ccn2)c(=O)c1C. The van der Waals surface area contributed by atoms with Gasteiger partial charge in [0.05, 0.1) is 11.6 Å². The lowest BCUT2D eigenvalue weighted by molar-refractivity contribution is 0.806. The van der Waals surface area contributed by atoms with Crippen molar-refractivity contribution in [1.29, 1.82) is 5.26 Å². The highest BCUT2D eigenvalue weighted by Gasteiger charge is 2.09. The number of rotatable bonds is 1. The fraction of sp³-hybridized carbons (Fsp3) is 0.182. The van der Waals surface area contributed by atoms with Gasteiger partial charge in [-0.1, -0.05) is 0 Å². The standard InChI is InChI=1S/C11H10N4O/c1-7-8(2)14-15(11(7)16)10-5-9(6-12)3-4-13-10/h3-5,14H,1-2H3. The number of H-pyrrole nitrogens is 1. The zero-order chi connectivity index (χ0) is 11.7. The number of pyridine rings is 1. The molecular formula is C11H10N4O. The maximum absolute atomic E-state index is 11.8. The third kappa shape index (κ3) is 1.50. The summed E-state index contributed by atoms with van der Waals surface area (Å²) in [4.78, 5) is 15.9. The second kappa shape index (κ2) is 3.66. The molecule has 0 bridgehead atoms. The maximum atomic E-state index is 11.8. The summed E-state index contributed by atoms with van der Waals surface area (Å²) in [7, 11) is 0. The topological polar surface area (TPSA) is 74.5 Å². The van der Waals surface area contributed by atoms with E-state index in [-0.39, 0.29) is 5.56 Å². The molecular weight excluding hydrogens is 204 g/mol. The number of aromatic nitrogens is 3. The van der Waals surface area contributed by atoms with Crippen LogP contribution in [0.15, 0.2) is 23.1 Å². The van der Waals surface area contributed by atoms with Crippen molar-refractivity contribution in [3.05, 3.63) is 45.5 Å². The predicted octanol–water partition coefficient (Wildman–Crippen LogP) is 1.05. The predicted molar refractivity (Wildman–Crippen MR) is 58.4 cm³/mol. The van der Waals surface area contributed by atoms with Gasteiger partial charge in [-0.15, -0.1) is 0 Å². The van der Waals surface area contributed by atoms with Crippen LogP contribution in [0, 0.1) is 25.2 Å². The molecule has 0 aliphatic carbocycles. The van der Waals surface area contributed by atoms with Gasteiger partial charge in [0, 0.05) is 23.5 Å². The molecule has 0 fully saturated rings. The highest BCUT2D eigenvalue weighted by molar-refractivity contribution is 5.35. The first-order chi connectivity index (χ1) is 7.63. The number of nitrogens with one attached hydrogen (secondary N) is 1. The Hall–Kier alpha value is -2.35. The number of hydrogen-bond donors (Lipinski definition) is 1. The van der Waals surface area contributed by atoms with Gasteiger partial charge < -0.3 is 0 Å². The molecule has 5 heteroatoms. The summed E-state index contributed by atoms with van der Waals surface area (Å²) >= 11 is 0. The van der Waals surface area contributed by atoms with Crippen LogP contribution < -0.4 is 5.56 Å². The molecule has 0 saturated carbocycles. The molecule has 0 atom stereocenters. The van der Waals surface area contributed by atoms with Crippen LogP contribution in [0.25, 0.3) is 5.82 Å². The quantitative estimate of drug-likeness (QED) is 0.770. The van der Waals surface area contributed by atoms with Gasteiger partial charge >= 0.3 is 0 Å². The van der Waals surface area contributed by atoms with Gasteiger partial charge in [0.25, 0.3) is 5.56 Å². The monoisotopic (exact) mass is 214 g/mol. The Bertz CT molecular complexity index is 630. The Morgan fingerprint density at radius 2 is 2.25 bits per heavy atom. The van der Waals surface area contributed by atoms with E-state index in [4.69, 9.17) is 5.26 Å². The normalized spacial score (nSPS) is 10.1. The van der Waals surface area contributed by atoms with Crippen LogP contribution >= 0.6 is 0 Å². The summed E-state index contributed by atoms with van der Waals surface area (Å²) in [5.74, 6) is 0.431. The van der Waals surface area contributed by atoms with Gasteiger partial charge in [-0.25, -0.2) is 9.67 Å². The number of nitriles is 1. The van der Waals surface area contributed by atoms with Crippen LogP contribution in [0.1, 0.15) is 16.8 Å². The van der Waals surface area contributed by atoms with Gasteiger partial charge in [-0.2, -0.15) is 5.26 Å². The van der Waals surface area contributed by atoms with Gasteiger partial charge in [-0.05, 0) is 19.9 Å². The van der Waals surface area contributed by atoms with Crippen molar-refractivity contribution in [2.75, 3.05) is 0 Å². The van der Waals surface area contributed by atoms with Crippen molar-refractivity contribution in [3.8, 4) is 11.9 Å². The largest absolute Gasteiger partial charge is 0.294 e. The number of nitrogens with zero attached hydrogens (tertiary/aromatic N) is 3. The molecule has 0 aromatic carbocycles. The number of aromatic amines is 1. The average Bonchev–Trinajstić information content (AvgIpc) is 2.57. The van der Waals surface area contributed by atoms with Gasteiger partial charge in [0.15, 0.2) is 5.82 Å². The second-order valence-corrected chi connectivity index (χ2v) is 3.52. The van der Waals surface area contributed by atoms with E-state index in [1.807, 2.05) is 13.0 Å². The second-order valence-electron chi connectivity index (χ2n) is 3.52. The van der Waals surface area contributed by atoms with Crippen molar-refractivity contribution < 1.29 is 0 Å². The zero-order valence-electron chi connectivity index (χ0n) is 8.98. The molecule has 0 unspecified atom stereocenters. The Kier molecular flexibility index (Phi) is 2.33. The maximum Gasteiger partial charge on any atom is 0.275 e. The first-order valence-electron chi connectivity index (χ1n) is 4.78. The summed E-state index contributed by atoms with van der Waals surface area (Å²) in [6.07, 6.45) is 1.51. The summed E-state index contributed by atoms with van der Waals surface area (Å²) in [5, 5.41) is 11.7. The van der Waals surface area contributed by atoms with E-state index in [0.717, 1.165) is 5.69 Å². The molecule has 0 radical (unpaired) electrons. The third-order valence-electron chi connectivity index (χ3n) is 2.47. The molecule has 0 amide bonds. The number of aryl methyl sites for hydroxylation is 1. The summed E-state index contributed by atoms with van der Waals surface area (Å²) < 4.78 is 1.34. The fourth-order valence-electron chi connectivity index (χ4n) is 1.40. The molecule has 2 rings (SSSR count). The summed E-state index contributed by atoms with van der Waals surface area (Å²) in [5.41, 5.74) is 1.79. The zero-order valence-corrected chi connectivity index (χ0v) is 8.98. The molecule has 0 saturated heterocycles. The van der Waals surface area contributed by atoms with Gasteiger partial charge in [-0.3, -0.25) is 9.89 Å². The van der Waals surface area contributed by atoms with Crippen molar-refractivity contribution in [2.45, 2.75) is 13.8 Å². The Balaban J connectivity index is 2.64.